The number of benzene rings is 2. The second-order valence-electron chi connectivity index (χ2n) is 5.32. The van der Waals surface area contributed by atoms with Crippen molar-refractivity contribution in [1.82, 2.24) is 0 Å². The first-order valence-electron chi connectivity index (χ1n) is 7.66. The van der Waals surface area contributed by atoms with E-state index in [0.717, 1.165) is 29.8 Å². The van der Waals surface area contributed by atoms with Gasteiger partial charge in [-0.3, -0.25) is 5.32 Å². The molecule has 0 unspecified atom stereocenters. The molecule has 2 aromatic rings. The second-order valence-corrected chi connectivity index (χ2v) is 5.32. The molecule has 0 atom stereocenters. The highest BCUT2D eigenvalue weighted by atomic mass is 16.5. The van der Waals surface area contributed by atoms with E-state index in [9.17, 15) is 4.79 Å². The second kappa shape index (κ2) is 7.61. The molecule has 0 fully saturated rings. The summed E-state index contributed by atoms with van der Waals surface area (Å²) in [5.41, 5.74) is 4.13. The Hall–Kier alpha value is -2.59. The van der Waals surface area contributed by atoms with Gasteiger partial charge < -0.3 is 9.47 Å². The van der Waals surface area contributed by atoms with Crippen LogP contribution in [0.2, 0.25) is 0 Å². The van der Waals surface area contributed by atoms with Crippen LogP contribution in [0.15, 0.2) is 60.7 Å². The zero-order chi connectivity index (χ0) is 15.9. The van der Waals surface area contributed by atoms with Crippen LogP contribution in [0.3, 0.4) is 0 Å². The molecule has 0 saturated heterocycles. The number of anilines is 1. The molecule has 1 N–H and O–H groups in total. The number of amides is 1. The van der Waals surface area contributed by atoms with Crippen molar-refractivity contribution in [3.05, 3.63) is 71.8 Å². The van der Waals surface area contributed by atoms with Crippen LogP contribution in [0.5, 0.6) is 0 Å². The predicted molar refractivity (Wildman–Crippen MR) is 90.1 cm³/mol. The minimum Gasteiger partial charge on any atom is -0.444 e. The van der Waals surface area contributed by atoms with Gasteiger partial charge in [0.2, 0.25) is 0 Å². The number of rotatable bonds is 4. The van der Waals surface area contributed by atoms with Gasteiger partial charge >= 0.3 is 6.09 Å². The maximum atomic E-state index is 11.8. The largest absolute Gasteiger partial charge is 0.444 e. The zero-order valence-electron chi connectivity index (χ0n) is 12.8. The Balaban J connectivity index is 1.53. The Bertz CT molecular complexity index is 678. The van der Waals surface area contributed by atoms with Crippen LogP contribution < -0.4 is 5.32 Å². The van der Waals surface area contributed by atoms with Crippen LogP contribution >= 0.6 is 0 Å². The minimum atomic E-state index is -0.452. The Kier molecular flexibility index (Phi) is 5.06. The molecule has 0 saturated carbocycles. The first-order chi connectivity index (χ1) is 11.3. The van der Waals surface area contributed by atoms with Crippen LogP contribution in [-0.4, -0.2) is 19.3 Å². The van der Waals surface area contributed by atoms with E-state index < -0.39 is 6.09 Å². The average molecular weight is 309 g/mol. The molecule has 118 valence electrons. The van der Waals surface area contributed by atoms with Crippen LogP contribution in [0.4, 0.5) is 10.5 Å². The van der Waals surface area contributed by atoms with Gasteiger partial charge in [0.1, 0.15) is 6.61 Å². The summed E-state index contributed by atoms with van der Waals surface area (Å²) in [5, 5.41) is 2.74. The van der Waals surface area contributed by atoms with Gasteiger partial charge in [-0.05, 0) is 35.3 Å². The summed E-state index contributed by atoms with van der Waals surface area (Å²) in [7, 11) is 0. The van der Waals surface area contributed by atoms with Gasteiger partial charge in [-0.25, -0.2) is 4.79 Å². The molecule has 4 nitrogen and oxygen atoms in total. The summed E-state index contributed by atoms with van der Waals surface area (Å²) >= 11 is 0. The van der Waals surface area contributed by atoms with Gasteiger partial charge in [0, 0.05) is 5.69 Å². The van der Waals surface area contributed by atoms with Crippen LogP contribution in [0.25, 0.3) is 5.57 Å². The maximum absolute atomic E-state index is 11.8. The molecule has 0 bridgehead atoms. The van der Waals surface area contributed by atoms with Crippen molar-refractivity contribution in [3.8, 4) is 0 Å². The number of ether oxygens (including phenoxy) is 2. The fourth-order valence-electron chi connectivity index (χ4n) is 2.43. The van der Waals surface area contributed by atoms with E-state index in [1.807, 2.05) is 54.6 Å². The van der Waals surface area contributed by atoms with E-state index in [1.54, 1.807) is 0 Å². The normalized spacial score (nSPS) is 14.0. The lowest BCUT2D eigenvalue weighted by molar-refractivity contribution is 0.155. The molecule has 3 rings (SSSR count). The monoisotopic (exact) mass is 309 g/mol. The van der Waals surface area contributed by atoms with Crippen molar-refractivity contribution < 1.29 is 14.3 Å². The average Bonchev–Trinajstić information content (AvgIpc) is 2.62. The van der Waals surface area contributed by atoms with E-state index >= 15 is 0 Å². The van der Waals surface area contributed by atoms with E-state index in [-0.39, 0.29) is 6.61 Å². The smallest absolute Gasteiger partial charge is 0.411 e. The lowest BCUT2D eigenvalue weighted by atomic mass is 10.0. The highest BCUT2D eigenvalue weighted by Gasteiger charge is 2.07. The standard InChI is InChI=1S/C19H19NO3/c21-19(23-14-15-4-2-1-3-5-15)20-18-8-6-16(7-9-18)17-10-12-22-13-11-17/h1-10H,11-14H2,(H,20,21). The Morgan fingerprint density at radius 3 is 2.57 bits per heavy atom. The number of hydrogen-bond acceptors (Lipinski definition) is 3. The first kappa shape index (κ1) is 15.3. The highest BCUT2D eigenvalue weighted by Crippen LogP contribution is 2.22. The number of carbonyl (C=O) groups is 1. The fraction of sp³-hybridized carbons (Fsp3) is 0.211. The van der Waals surface area contributed by atoms with Gasteiger partial charge in [0.25, 0.3) is 0 Å². The summed E-state index contributed by atoms with van der Waals surface area (Å²) in [6.45, 7) is 1.69. The molecule has 1 heterocycles. The highest BCUT2D eigenvalue weighted by molar-refractivity contribution is 5.85. The van der Waals surface area contributed by atoms with Crippen LogP contribution in [0.1, 0.15) is 17.5 Å². The van der Waals surface area contributed by atoms with Gasteiger partial charge in [-0.2, -0.15) is 0 Å². The van der Waals surface area contributed by atoms with Crippen molar-refractivity contribution in [2.45, 2.75) is 13.0 Å². The third-order valence-electron chi connectivity index (χ3n) is 3.68. The Labute approximate surface area is 135 Å². The topological polar surface area (TPSA) is 47.6 Å². The lowest BCUT2D eigenvalue weighted by Crippen LogP contribution is -2.13. The van der Waals surface area contributed by atoms with Gasteiger partial charge in [-0.1, -0.05) is 48.5 Å². The predicted octanol–water partition coefficient (Wildman–Crippen LogP) is 4.24. The van der Waals surface area contributed by atoms with Crippen molar-refractivity contribution >= 4 is 17.4 Å². The molecule has 4 heteroatoms. The molecule has 0 aliphatic carbocycles. The maximum Gasteiger partial charge on any atom is 0.411 e. The summed E-state index contributed by atoms with van der Waals surface area (Å²) < 4.78 is 10.5. The van der Waals surface area contributed by atoms with E-state index in [0.29, 0.717) is 6.61 Å². The SMILES string of the molecule is O=C(Nc1ccc(C2=CCOCC2)cc1)OCc1ccccc1. The molecular formula is C19H19NO3. The molecule has 1 aliphatic heterocycles. The van der Waals surface area contributed by atoms with Crippen molar-refractivity contribution in [1.29, 1.82) is 0 Å². The molecule has 0 aromatic heterocycles. The Morgan fingerprint density at radius 2 is 1.87 bits per heavy atom. The zero-order valence-corrected chi connectivity index (χ0v) is 12.8. The van der Waals surface area contributed by atoms with Crippen molar-refractivity contribution in [3.63, 3.8) is 0 Å². The van der Waals surface area contributed by atoms with Crippen molar-refractivity contribution in [2.75, 3.05) is 18.5 Å². The number of hydrogen-bond donors (Lipinski definition) is 1. The molecule has 1 amide bonds. The minimum absolute atomic E-state index is 0.262. The third kappa shape index (κ3) is 4.44. The summed E-state index contributed by atoms with van der Waals surface area (Å²) in [6.07, 6.45) is 2.57. The van der Waals surface area contributed by atoms with Gasteiger partial charge in [0.05, 0.1) is 13.2 Å². The van der Waals surface area contributed by atoms with Crippen LogP contribution in [-0.2, 0) is 16.1 Å². The van der Waals surface area contributed by atoms with E-state index in [2.05, 4.69) is 11.4 Å². The molecule has 0 spiro atoms. The van der Waals surface area contributed by atoms with Gasteiger partial charge in [-0.15, -0.1) is 0 Å². The van der Waals surface area contributed by atoms with Crippen molar-refractivity contribution in [2.24, 2.45) is 0 Å². The van der Waals surface area contributed by atoms with E-state index in [1.165, 1.54) is 5.57 Å². The summed E-state index contributed by atoms with van der Waals surface area (Å²) in [4.78, 5) is 11.8. The Morgan fingerprint density at radius 1 is 1.09 bits per heavy atom. The number of carbonyl (C=O) groups excluding carboxylic acids is 1. The van der Waals surface area contributed by atoms with Gasteiger partial charge in [0.15, 0.2) is 0 Å². The third-order valence-corrected chi connectivity index (χ3v) is 3.68. The molecule has 1 aliphatic rings. The van der Waals surface area contributed by atoms with E-state index in [4.69, 9.17) is 9.47 Å². The van der Waals surface area contributed by atoms with Crippen LogP contribution in [0, 0.1) is 0 Å². The first-order valence-corrected chi connectivity index (χ1v) is 7.66. The fourth-order valence-corrected chi connectivity index (χ4v) is 2.43. The molecular weight excluding hydrogens is 290 g/mol. The summed E-state index contributed by atoms with van der Waals surface area (Å²) in [5.74, 6) is 0. The quantitative estimate of drug-likeness (QED) is 0.919. The summed E-state index contributed by atoms with van der Waals surface area (Å²) in [6, 6.07) is 17.4. The molecule has 23 heavy (non-hydrogen) atoms. The lowest BCUT2D eigenvalue weighted by Gasteiger charge is -2.14. The molecule has 2 aromatic carbocycles. The molecule has 0 radical (unpaired) electrons. The number of nitrogens with one attached hydrogen (secondary N) is 1.